The Hall–Kier alpha value is -1.16. The zero-order valence-electron chi connectivity index (χ0n) is 9.18. The van der Waals surface area contributed by atoms with Crippen LogP contribution in [-0.2, 0) is 0 Å². The van der Waals surface area contributed by atoms with Gasteiger partial charge in [-0.1, -0.05) is 40.9 Å². The highest BCUT2D eigenvalue weighted by Gasteiger charge is 2.19. The number of carbonyl (C=O) groups excluding carboxylic acids is 1. The molecule has 0 spiro atoms. The van der Waals surface area contributed by atoms with Crippen LogP contribution in [0, 0.1) is 11.6 Å². The molecule has 0 unspecified atom stereocenters. The summed E-state index contributed by atoms with van der Waals surface area (Å²) in [5.41, 5.74) is -0.105. The Kier molecular flexibility index (Phi) is 4.09. The quantitative estimate of drug-likeness (QED) is 0.552. The van der Waals surface area contributed by atoms with Gasteiger partial charge in [-0.15, -0.1) is 0 Å². The van der Waals surface area contributed by atoms with E-state index in [9.17, 15) is 13.6 Å². The van der Waals surface area contributed by atoms with E-state index in [1.54, 1.807) is 0 Å². The van der Waals surface area contributed by atoms with Gasteiger partial charge in [0.15, 0.2) is 17.4 Å². The van der Waals surface area contributed by atoms with Crippen LogP contribution in [-0.4, -0.2) is 5.78 Å². The third-order valence-corrected chi connectivity index (χ3v) is 3.58. The van der Waals surface area contributed by atoms with Gasteiger partial charge in [-0.2, -0.15) is 0 Å². The molecular formula is C13H5Cl3F2O. The lowest BCUT2D eigenvalue weighted by Crippen LogP contribution is -2.05. The predicted molar refractivity (Wildman–Crippen MR) is 71.3 cm³/mol. The molecule has 0 aliphatic rings. The third kappa shape index (κ3) is 2.73. The van der Waals surface area contributed by atoms with E-state index in [1.165, 1.54) is 18.2 Å². The number of hydrogen-bond donors (Lipinski definition) is 0. The van der Waals surface area contributed by atoms with Crippen molar-refractivity contribution in [3.63, 3.8) is 0 Å². The molecule has 98 valence electrons. The molecule has 0 aromatic heterocycles. The van der Waals surface area contributed by atoms with Crippen LogP contribution >= 0.6 is 34.8 Å². The summed E-state index contributed by atoms with van der Waals surface area (Å²) >= 11 is 17.4. The molecule has 2 aromatic rings. The predicted octanol–water partition coefficient (Wildman–Crippen LogP) is 5.16. The van der Waals surface area contributed by atoms with Gasteiger partial charge in [0.2, 0.25) is 0 Å². The summed E-state index contributed by atoms with van der Waals surface area (Å²) in [7, 11) is 0. The Morgan fingerprint density at radius 1 is 0.895 bits per heavy atom. The normalized spacial score (nSPS) is 10.6. The van der Waals surface area contributed by atoms with Gasteiger partial charge in [-0.05, 0) is 24.3 Å². The monoisotopic (exact) mass is 320 g/mol. The molecule has 6 heteroatoms. The molecule has 0 radical (unpaired) electrons. The lowest BCUT2D eigenvalue weighted by atomic mass is 10.0. The lowest BCUT2D eigenvalue weighted by Gasteiger charge is -2.07. The van der Waals surface area contributed by atoms with E-state index in [0.29, 0.717) is 0 Å². The van der Waals surface area contributed by atoms with Crippen LogP contribution in [0.5, 0.6) is 0 Å². The summed E-state index contributed by atoms with van der Waals surface area (Å²) in [6.45, 7) is 0. The van der Waals surface area contributed by atoms with Crippen molar-refractivity contribution in [2.45, 2.75) is 0 Å². The molecular weight excluding hydrogens is 316 g/mol. The zero-order valence-corrected chi connectivity index (χ0v) is 11.5. The highest BCUT2D eigenvalue weighted by atomic mass is 35.5. The smallest absolute Gasteiger partial charge is 0.196 e. The minimum Gasteiger partial charge on any atom is -0.288 e. The second kappa shape index (κ2) is 5.45. The van der Waals surface area contributed by atoms with E-state index in [-0.39, 0.29) is 26.2 Å². The lowest BCUT2D eigenvalue weighted by molar-refractivity contribution is 0.103. The van der Waals surface area contributed by atoms with E-state index in [0.717, 1.165) is 12.1 Å². The second-order valence-corrected chi connectivity index (χ2v) is 4.87. The number of rotatable bonds is 2. The average Bonchev–Trinajstić information content (AvgIpc) is 2.36. The Balaban J connectivity index is 2.56. The van der Waals surface area contributed by atoms with Crippen LogP contribution in [0.4, 0.5) is 8.78 Å². The van der Waals surface area contributed by atoms with Crippen molar-refractivity contribution in [2.24, 2.45) is 0 Å². The molecule has 0 saturated heterocycles. The largest absolute Gasteiger partial charge is 0.288 e. The summed E-state index contributed by atoms with van der Waals surface area (Å²) < 4.78 is 26.1. The molecule has 19 heavy (non-hydrogen) atoms. The summed E-state index contributed by atoms with van der Waals surface area (Å²) in [6, 6.07) is 5.93. The zero-order chi connectivity index (χ0) is 14.2. The summed E-state index contributed by atoms with van der Waals surface area (Å²) in [6.07, 6.45) is 0. The standard InChI is InChI=1S/C13H5Cl3F2O/c14-8-3-1-2-6(12(8)16)13(19)7-4-10(17)11(18)5-9(7)15/h1-5H. The van der Waals surface area contributed by atoms with Crippen LogP contribution in [0.1, 0.15) is 15.9 Å². The minimum atomic E-state index is -1.16. The molecule has 0 bridgehead atoms. The molecule has 0 amide bonds. The number of benzene rings is 2. The van der Waals surface area contributed by atoms with Gasteiger partial charge in [-0.25, -0.2) is 8.78 Å². The number of hydrogen-bond acceptors (Lipinski definition) is 1. The first-order valence-electron chi connectivity index (χ1n) is 5.05. The van der Waals surface area contributed by atoms with E-state index in [1.807, 2.05) is 0 Å². The SMILES string of the molecule is O=C(c1cc(F)c(F)cc1Cl)c1cccc(Cl)c1Cl. The Morgan fingerprint density at radius 2 is 1.53 bits per heavy atom. The molecule has 2 rings (SSSR count). The maximum absolute atomic E-state index is 13.2. The average molecular weight is 322 g/mol. The van der Waals surface area contributed by atoms with Gasteiger partial charge in [0.1, 0.15) is 0 Å². The fraction of sp³-hybridized carbons (Fsp3) is 0. The summed E-state index contributed by atoms with van der Waals surface area (Å²) in [5, 5.41) is 0.0288. The highest BCUT2D eigenvalue weighted by molar-refractivity contribution is 6.45. The Morgan fingerprint density at radius 3 is 2.21 bits per heavy atom. The fourth-order valence-corrected chi connectivity index (χ4v) is 2.14. The molecule has 0 saturated carbocycles. The van der Waals surface area contributed by atoms with Gasteiger partial charge in [0, 0.05) is 11.1 Å². The highest BCUT2D eigenvalue weighted by Crippen LogP contribution is 2.30. The maximum Gasteiger partial charge on any atom is 0.196 e. The van der Waals surface area contributed by atoms with E-state index >= 15 is 0 Å². The Labute approximate surface area is 122 Å². The van der Waals surface area contributed by atoms with Crippen molar-refractivity contribution in [2.75, 3.05) is 0 Å². The first kappa shape index (κ1) is 14.3. The maximum atomic E-state index is 13.2. The van der Waals surface area contributed by atoms with E-state index in [4.69, 9.17) is 34.8 Å². The first-order chi connectivity index (χ1) is 8.91. The number of ketones is 1. The van der Waals surface area contributed by atoms with Crippen LogP contribution in [0.15, 0.2) is 30.3 Å². The molecule has 0 fully saturated rings. The number of halogens is 5. The fourth-order valence-electron chi connectivity index (χ4n) is 1.52. The van der Waals surface area contributed by atoms with Crippen molar-refractivity contribution in [1.82, 2.24) is 0 Å². The van der Waals surface area contributed by atoms with Crippen molar-refractivity contribution in [3.05, 3.63) is 68.2 Å². The van der Waals surface area contributed by atoms with Crippen LogP contribution in [0.2, 0.25) is 15.1 Å². The van der Waals surface area contributed by atoms with Crippen molar-refractivity contribution < 1.29 is 13.6 Å². The molecule has 0 atom stereocenters. The van der Waals surface area contributed by atoms with Gasteiger partial charge in [0.05, 0.1) is 15.1 Å². The van der Waals surface area contributed by atoms with Crippen LogP contribution < -0.4 is 0 Å². The van der Waals surface area contributed by atoms with Crippen molar-refractivity contribution in [1.29, 1.82) is 0 Å². The molecule has 0 N–H and O–H groups in total. The van der Waals surface area contributed by atoms with E-state index in [2.05, 4.69) is 0 Å². The molecule has 1 nitrogen and oxygen atoms in total. The van der Waals surface area contributed by atoms with Crippen LogP contribution in [0.3, 0.4) is 0 Å². The summed E-state index contributed by atoms with van der Waals surface area (Å²) in [4.78, 5) is 12.2. The molecule has 0 aliphatic heterocycles. The topological polar surface area (TPSA) is 17.1 Å². The molecule has 2 aromatic carbocycles. The van der Waals surface area contributed by atoms with Crippen molar-refractivity contribution in [3.8, 4) is 0 Å². The second-order valence-electron chi connectivity index (χ2n) is 3.68. The minimum absolute atomic E-state index is 0.0370. The Bertz CT molecular complexity index is 671. The third-order valence-electron chi connectivity index (χ3n) is 2.45. The molecule has 0 heterocycles. The molecule has 0 aliphatic carbocycles. The van der Waals surface area contributed by atoms with Crippen LogP contribution in [0.25, 0.3) is 0 Å². The van der Waals surface area contributed by atoms with Gasteiger partial charge >= 0.3 is 0 Å². The van der Waals surface area contributed by atoms with E-state index < -0.39 is 17.4 Å². The summed E-state index contributed by atoms with van der Waals surface area (Å²) in [5.74, 6) is -2.92. The number of carbonyl (C=O) groups is 1. The van der Waals surface area contributed by atoms with Gasteiger partial charge in [0.25, 0.3) is 0 Å². The van der Waals surface area contributed by atoms with Crippen molar-refractivity contribution >= 4 is 40.6 Å². The first-order valence-corrected chi connectivity index (χ1v) is 6.18. The van der Waals surface area contributed by atoms with Gasteiger partial charge in [-0.3, -0.25) is 4.79 Å². The van der Waals surface area contributed by atoms with Gasteiger partial charge < -0.3 is 0 Å².